The van der Waals surface area contributed by atoms with Gasteiger partial charge in [0.25, 0.3) is 0 Å². The third kappa shape index (κ3) is 5.34. The van der Waals surface area contributed by atoms with Crippen molar-refractivity contribution in [3.8, 4) is 11.4 Å². The Bertz CT molecular complexity index is 856. The van der Waals surface area contributed by atoms with Gasteiger partial charge in [0.2, 0.25) is 0 Å². The highest BCUT2D eigenvalue weighted by atomic mass is 19.1. The molecule has 0 aliphatic carbocycles. The van der Waals surface area contributed by atoms with E-state index in [1.807, 2.05) is 0 Å². The summed E-state index contributed by atoms with van der Waals surface area (Å²) in [5.41, 5.74) is 2.15. The third-order valence-electron chi connectivity index (χ3n) is 4.17. The van der Waals surface area contributed by atoms with Crippen LogP contribution in [0.15, 0.2) is 49.3 Å². The molecule has 3 rings (SSSR count). The van der Waals surface area contributed by atoms with Crippen molar-refractivity contribution < 1.29 is 8.78 Å². The second-order valence-electron chi connectivity index (χ2n) is 6.34. The molecule has 2 aromatic heterocycles. The summed E-state index contributed by atoms with van der Waals surface area (Å²) in [6.07, 6.45) is 10.3. The van der Waals surface area contributed by atoms with Crippen molar-refractivity contribution in [1.82, 2.24) is 24.8 Å². The second-order valence-corrected chi connectivity index (χ2v) is 6.34. The molecule has 0 aliphatic heterocycles. The average Bonchev–Trinajstić information content (AvgIpc) is 2.69. The van der Waals surface area contributed by atoms with Gasteiger partial charge in [0, 0.05) is 55.1 Å². The highest BCUT2D eigenvalue weighted by molar-refractivity contribution is 5.50. The van der Waals surface area contributed by atoms with Crippen molar-refractivity contribution in [2.45, 2.75) is 32.9 Å². The number of nitrogens with zero attached hydrogens (tertiary/aromatic N) is 5. The number of aromatic nitrogens is 4. The molecule has 0 saturated carbocycles. The standard InChI is InChI=1S/C20H21F2N5/c1-2-3-6-27(13-16-4-5-18(21)7-19(16)22)12-15-8-25-20(26-9-15)17-10-23-14-24-11-17/h4-5,7-11,14H,2-3,6,12-13H2,1H3. The zero-order chi connectivity index (χ0) is 19.1. The first-order chi connectivity index (χ1) is 13.2. The number of hydrogen-bond acceptors (Lipinski definition) is 5. The molecule has 140 valence electrons. The summed E-state index contributed by atoms with van der Waals surface area (Å²) in [6, 6.07) is 3.71. The maximum absolute atomic E-state index is 14.0. The Morgan fingerprint density at radius 2 is 1.70 bits per heavy atom. The lowest BCUT2D eigenvalue weighted by Crippen LogP contribution is -2.24. The van der Waals surface area contributed by atoms with E-state index < -0.39 is 11.6 Å². The molecule has 27 heavy (non-hydrogen) atoms. The average molecular weight is 369 g/mol. The van der Waals surface area contributed by atoms with E-state index in [9.17, 15) is 8.78 Å². The number of halogens is 2. The van der Waals surface area contributed by atoms with Crippen LogP contribution in [-0.2, 0) is 13.1 Å². The van der Waals surface area contributed by atoms with Crippen LogP contribution in [0.4, 0.5) is 8.78 Å². The number of unbranched alkanes of at least 4 members (excludes halogenated alkanes) is 1. The van der Waals surface area contributed by atoms with E-state index in [4.69, 9.17) is 0 Å². The van der Waals surface area contributed by atoms with E-state index in [0.29, 0.717) is 24.5 Å². The Morgan fingerprint density at radius 1 is 0.963 bits per heavy atom. The van der Waals surface area contributed by atoms with Crippen LogP contribution in [0.25, 0.3) is 11.4 Å². The highest BCUT2D eigenvalue weighted by Crippen LogP contribution is 2.16. The van der Waals surface area contributed by atoms with Crippen LogP contribution in [0.5, 0.6) is 0 Å². The maximum atomic E-state index is 14.0. The van der Waals surface area contributed by atoms with E-state index in [1.165, 1.54) is 18.5 Å². The van der Waals surface area contributed by atoms with Gasteiger partial charge in [-0.05, 0) is 19.0 Å². The predicted molar refractivity (Wildman–Crippen MR) is 98.4 cm³/mol. The summed E-state index contributed by atoms with van der Waals surface area (Å²) >= 11 is 0. The van der Waals surface area contributed by atoms with Gasteiger partial charge >= 0.3 is 0 Å². The number of hydrogen-bond donors (Lipinski definition) is 0. The Labute approximate surface area is 157 Å². The van der Waals surface area contributed by atoms with Gasteiger partial charge in [-0.3, -0.25) is 4.90 Å². The van der Waals surface area contributed by atoms with Gasteiger partial charge in [0.15, 0.2) is 5.82 Å². The fraction of sp³-hybridized carbons (Fsp3) is 0.300. The summed E-state index contributed by atoms with van der Waals surface area (Å²) in [5, 5.41) is 0. The van der Waals surface area contributed by atoms with Crippen LogP contribution in [0.2, 0.25) is 0 Å². The fourth-order valence-corrected chi connectivity index (χ4v) is 2.74. The SMILES string of the molecule is CCCCN(Cc1cnc(-c2cncnc2)nc1)Cc1ccc(F)cc1F. The predicted octanol–water partition coefficient (Wildman–Crippen LogP) is 4.01. The smallest absolute Gasteiger partial charge is 0.162 e. The molecule has 0 aliphatic rings. The van der Waals surface area contributed by atoms with Gasteiger partial charge in [-0.2, -0.15) is 0 Å². The van der Waals surface area contributed by atoms with E-state index in [1.54, 1.807) is 24.8 Å². The lowest BCUT2D eigenvalue weighted by Gasteiger charge is -2.22. The van der Waals surface area contributed by atoms with E-state index in [-0.39, 0.29) is 0 Å². The van der Waals surface area contributed by atoms with Crippen molar-refractivity contribution in [1.29, 1.82) is 0 Å². The first-order valence-electron chi connectivity index (χ1n) is 8.88. The quantitative estimate of drug-likeness (QED) is 0.600. The molecule has 0 N–H and O–H groups in total. The summed E-state index contributed by atoms with van der Waals surface area (Å²) in [6.45, 7) is 3.90. The minimum Gasteiger partial charge on any atom is -0.295 e. The van der Waals surface area contributed by atoms with Gasteiger partial charge in [0.1, 0.15) is 18.0 Å². The van der Waals surface area contributed by atoms with E-state index in [2.05, 4.69) is 31.8 Å². The molecule has 3 aromatic rings. The molecule has 1 aromatic carbocycles. The molecule has 0 unspecified atom stereocenters. The zero-order valence-corrected chi connectivity index (χ0v) is 15.1. The van der Waals surface area contributed by atoms with Crippen LogP contribution in [0.1, 0.15) is 30.9 Å². The molecule has 0 amide bonds. The lowest BCUT2D eigenvalue weighted by atomic mass is 10.1. The first kappa shape index (κ1) is 19.0. The van der Waals surface area contributed by atoms with E-state index in [0.717, 1.165) is 36.6 Å². The molecular weight excluding hydrogens is 348 g/mol. The lowest BCUT2D eigenvalue weighted by molar-refractivity contribution is 0.248. The van der Waals surface area contributed by atoms with Crippen molar-refractivity contribution in [2.24, 2.45) is 0 Å². The molecular formula is C20H21F2N5. The van der Waals surface area contributed by atoms with Crippen LogP contribution < -0.4 is 0 Å². The van der Waals surface area contributed by atoms with Gasteiger partial charge in [0.05, 0.1) is 5.56 Å². The highest BCUT2D eigenvalue weighted by Gasteiger charge is 2.12. The molecule has 0 radical (unpaired) electrons. The molecule has 0 bridgehead atoms. The second kappa shape index (κ2) is 9.23. The topological polar surface area (TPSA) is 54.8 Å². The largest absolute Gasteiger partial charge is 0.295 e. The Hall–Kier alpha value is -2.80. The molecule has 0 spiro atoms. The normalized spacial score (nSPS) is 11.1. The van der Waals surface area contributed by atoms with E-state index >= 15 is 0 Å². The Morgan fingerprint density at radius 3 is 2.37 bits per heavy atom. The minimum absolute atomic E-state index is 0.403. The van der Waals surface area contributed by atoms with Gasteiger partial charge in [-0.15, -0.1) is 0 Å². The van der Waals surface area contributed by atoms with Gasteiger partial charge in [-0.1, -0.05) is 19.4 Å². The fourth-order valence-electron chi connectivity index (χ4n) is 2.74. The van der Waals surface area contributed by atoms with Crippen LogP contribution >= 0.6 is 0 Å². The molecule has 0 fully saturated rings. The Kier molecular flexibility index (Phi) is 6.49. The van der Waals surface area contributed by atoms with Crippen molar-refractivity contribution in [3.05, 3.63) is 72.1 Å². The number of benzene rings is 1. The molecule has 7 heteroatoms. The minimum atomic E-state index is -0.565. The summed E-state index contributed by atoms with van der Waals surface area (Å²) in [4.78, 5) is 18.8. The van der Waals surface area contributed by atoms with Crippen molar-refractivity contribution in [2.75, 3.05) is 6.54 Å². The van der Waals surface area contributed by atoms with Gasteiger partial charge in [-0.25, -0.2) is 28.7 Å². The monoisotopic (exact) mass is 369 g/mol. The maximum Gasteiger partial charge on any atom is 0.162 e. The third-order valence-corrected chi connectivity index (χ3v) is 4.17. The summed E-state index contributed by atoms with van der Waals surface area (Å²) < 4.78 is 27.1. The Balaban J connectivity index is 1.72. The summed E-state index contributed by atoms with van der Waals surface area (Å²) in [7, 11) is 0. The molecule has 2 heterocycles. The van der Waals surface area contributed by atoms with Crippen LogP contribution in [-0.4, -0.2) is 31.4 Å². The molecule has 0 saturated heterocycles. The van der Waals surface area contributed by atoms with Crippen molar-refractivity contribution >= 4 is 0 Å². The van der Waals surface area contributed by atoms with Crippen LogP contribution in [0.3, 0.4) is 0 Å². The van der Waals surface area contributed by atoms with Crippen LogP contribution in [0, 0.1) is 11.6 Å². The summed E-state index contributed by atoms with van der Waals surface area (Å²) in [5.74, 6) is -0.526. The number of rotatable bonds is 8. The van der Waals surface area contributed by atoms with Crippen molar-refractivity contribution in [3.63, 3.8) is 0 Å². The molecule has 5 nitrogen and oxygen atoms in total. The first-order valence-corrected chi connectivity index (χ1v) is 8.88. The van der Waals surface area contributed by atoms with Gasteiger partial charge < -0.3 is 0 Å². The zero-order valence-electron chi connectivity index (χ0n) is 15.1. The molecule has 0 atom stereocenters.